The van der Waals surface area contributed by atoms with Crippen LogP contribution in [-0.2, 0) is 16.1 Å². The maximum atomic E-state index is 12.7. The van der Waals surface area contributed by atoms with Crippen LogP contribution >= 0.6 is 0 Å². The Morgan fingerprint density at radius 3 is 2.19 bits per heavy atom. The second kappa shape index (κ2) is 12.6. The van der Waals surface area contributed by atoms with E-state index in [9.17, 15) is 9.59 Å². The zero-order chi connectivity index (χ0) is 23.5. The number of nitrogens with zero attached hydrogens (tertiary/aromatic N) is 1. The predicted octanol–water partition coefficient (Wildman–Crippen LogP) is 3.07. The molecule has 2 amide bonds. The standard InChI is InChI=1S/C24H33N3O5/c1-6-12-27(17(2)24(29)26-19-10-8-7-9-11-19)16-23(28)25-15-18-13-21(31-4)22(32-5)14-20(18)30-3/h7-11,13-14,17H,6,12,15-16H2,1-5H3,(H,25,28)(H,26,29)/t17-/m1/s1. The van der Waals surface area contributed by atoms with Crippen LogP contribution in [0.1, 0.15) is 25.8 Å². The van der Waals surface area contributed by atoms with Gasteiger partial charge in [-0.2, -0.15) is 0 Å². The summed E-state index contributed by atoms with van der Waals surface area (Å²) >= 11 is 0. The molecule has 0 saturated carbocycles. The molecule has 0 aliphatic carbocycles. The monoisotopic (exact) mass is 443 g/mol. The second-order valence-corrected chi connectivity index (χ2v) is 7.30. The fraction of sp³-hybridized carbons (Fsp3) is 0.417. The summed E-state index contributed by atoms with van der Waals surface area (Å²) in [6.45, 7) is 4.80. The second-order valence-electron chi connectivity index (χ2n) is 7.30. The topological polar surface area (TPSA) is 89.1 Å². The molecule has 0 saturated heterocycles. The highest BCUT2D eigenvalue weighted by atomic mass is 16.5. The van der Waals surface area contributed by atoms with Gasteiger partial charge in [-0.25, -0.2) is 0 Å². The minimum absolute atomic E-state index is 0.104. The molecule has 8 heteroatoms. The fourth-order valence-electron chi connectivity index (χ4n) is 3.30. The number of hydrogen-bond donors (Lipinski definition) is 2. The quantitative estimate of drug-likeness (QED) is 0.524. The maximum absolute atomic E-state index is 12.7. The van der Waals surface area contributed by atoms with Crippen molar-refractivity contribution < 1.29 is 23.8 Å². The van der Waals surface area contributed by atoms with Crippen molar-refractivity contribution in [1.29, 1.82) is 0 Å². The van der Waals surface area contributed by atoms with E-state index in [0.29, 0.717) is 23.8 Å². The van der Waals surface area contributed by atoms with Gasteiger partial charge in [0.2, 0.25) is 11.8 Å². The summed E-state index contributed by atoms with van der Waals surface area (Å²) in [7, 11) is 4.66. The molecular formula is C24H33N3O5. The zero-order valence-corrected chi connectivity index (χ0v) is 19.4. The number of hydrogen-bond acceptors (Lipinski definition) is 6. The Morgan fingerprint density at radius 1 is 0.969 bits per heavy atom. The third-order valence-corrected chi connectivity index (χ3v) is 5.09. The number of amides is 2. The highest BCUT2D eigenvalue weighted by Crippen LogP contribution is 2.34. The molecule has 0 spiro atoms. The number of carbonyl (C=O) groups excluding carboxylic acids is 2. The van der Waals surface area contributed by atoms with Gasteiger partial charge in [0.25, 0.3) is 0 Å². The van der Waals surface area contributed by atoms with Crippen LogP contribution < -0.4 is 24.8 Å². The van der Waals surface area contributed by atoms with Gasteiger partial charge in [-0.05, 0) is 38.1 Å². The number of carbonyl (C=O) groups is 2. The van der Waals surface area contributed by atoms with Gasteiger partial charge in [0.1, 0.15) is 5.75 Å². The summed E-state index contributed by atoms with van der Waals surface area (Å²) in [5, 5.41) is 5.80. The lowest BCUT2D eigenvalue weighted by atomic mass is 10.1. The Kier molecular flexibility index (Phi) is 9.81. The normalized spacial score (nSPS) is 11.6. The fourth-order valence-corrected chi connectivity index (χ4v) is 3.30. The largest absolute Gasteiger partial charge is 0.496 e. The van der Waals surface area contributed by atoms with Crippen LogP contribution in [0.4, 0.5) is 5.69 Å². The van der Waals surface area contributed by atoms with Gasteiger partial charge in [0.15, 0.2) is 11.5 Å². The SMILES string of the molecule is CCCN(CC(=O)NCc1cc(OC)c(OC)cc1OC)[C@H](C)C(=O)Nc1ccccc1. The van der Waals surface area contributed by atoms with Crippen molar-refractivity contribution in [3.05, 3.63) is 48.0 Å². The number of anilines is 1. The zero-order valence-electron chi connectivity index (χ0n) is 19.4. The van der Waals surface area contributed by atoms with Gasteiger partial charge in [-0.15, -0.1) is 0 Å². The van der Waals surface area contributed by atoms with Gasteiger partial charge in [-0.3, -0.25) is 14.5 Å². The first-order chi connectivity index (χ1) is 15.4. The summed E-state index contributed by atoms with van der Waals surface area (Å²) in [6.07, 6.45) is 0.819. The molecule has 0 unspecified atom stereocenters. The van der Waals surface area contributed by atoms with E-state index in [4.69, 9.17) is 14.2 Å². The summed E-state index contributed by atoms with van der Waals surface area (Å²) in [5.74, 6) is 1.35. The van der Waals surface area contributed by atoms with E-state index in [1.807, 2.05) is 42.2 Å². The van der Waals surface area contributed by atoms with E-state index >= 15 is 0 Å². The van der Waals surface area contributed by atoms with E-state index in [2.05, 4.69) is 10.6 Å². The van der Waals surface area contributed by atoms with E-state index in [0.717, 1.165) is 17.7 Å². The lowest BCUT2D eigenvalue weighted by molar-refractivity contribution is -0.125. The van der Waals surface area contributed by atoms with Crippen molar-refractivity contribution in [1.82, 2.24) is 10.2 Å². The molecular weight excluding hydrogens is 410 g/mol. The molecule has 0 fully saturated rings. The van der Waals surface area contributed by atoms with Crippen LogP contribution in [0.15, 0.2) is 42.5 Å². The predicted molar refractivity (Wildman–Crippen MR) is 124 cm³/mol. The van der Waals surface area contributed by atoms with Crippen molar-refractivity contribution in [2.75, 3.05) is 39.7 Å². The first-order valence-corrected chi connectivity index (χ1v) is 10.6. The molecule has 8 nitrogen and oxygen atoms in total. The number of benzene rings is 2. The first-order valence-electron chi connectivity index (χ1n) is 10.6. The minimum atomic E-state index is -0.462. The maximum Gasteiger partial charge on any atom is 0.241 e. The van der Waals surface area contributed by atoms with Gasteiger partial charge >= 0.3 is 0 Å². The summed E-state index contributed by atoms with van der Waals surface area (Å²) in [6, 6.07) is 12.3. The van der Waals surface area contributed by atoms with Crippen LogP contribution in [0.25, 0.3) is 0 Å². The number of methoxy groups -OCH3 is 3. The number of para-hydroxylation sites is 1. The molecule has 0 heterocycles. The van der Waals surface area contributed by atoms with Gasteiger partial charge in [-0.1, -0.05) is 25.1 Å². The van der Waals surface area contributed by atoms with Crippen molar-refractivity contribution in [3.8, 4) is 17.2 Å². The summed E-state index contributed by atoms with van der Waals surface area (Å²) < 4.78 is 16.0. The first kappa shape index (κ1) is 25.0. The summed E-state index contributed by atoms with van der Waals surface area (Å²) in [5.41, 5.74) is 1.49. The minimum Gasteiger partial charge on any atom is -0.496 e. The van der Waals surface area contributed by atoms with Crippen LogP contribution in [0.5, 0.6) is 17.2 Å². The van der Waals surface area contributed by atoms with E-state index in [-0.39, 0.29) is 24.9 Å². The molecule has 2 rings (SSSR count). The third kappa shape index (κ3) is 6.88. The number of nitrogens with one attached hydrogen (secondary N) is 2. The van der Waals surface area contributed by atoms with Crippen molar-refractivity contribution in [3.63, 3.8) is 0 Å². The molecule has 0 aliphatic heterocycles. The van der Waals surface area contributed by atoms with Crippen molar-refractivity contribution in [2.45, 2.75) is 32.9 Å². The molecule has 0 aliphatic rings. The lowest BCUT2D eigenvalue weighted by Crippen LogP contribution is -2.47. The Hall–Kier alpha value is -3.26. The average molecular weight is 444 g/mol. The Morgan fingerprint density at radius 2 is 1.59 bits per heavy atom. The van der Waals surface area contributed by atoms with Crippen LogP contribution in [0, 0.1) is 0 Å². The molecule has 2 N–H and O–H groups in total. The smallest absolute Gasteiger partial charge is 0.241 e. The molecule has 0 bridgehead atoms. The van der Waals surface area contributed by atoms with Crippen LogP contribution in [0.3, 0.4) is 0 Å². The van der Waals surface area contributed by atoms with Crippen LogP contribution in [-0.4, -0.2) is 57.2 Å². The highest BCUT2D eigenvalue weighted by Gasteiger charge is 2.23. The third-order valence-electron chi connectivity index (χ3n) is 5.09. The molecule has 1 atom stereocenters. The van der Waals surface area contributed by atoms with E-state index in [1.54, 1.807) is 40.4 Å². The van der Waals surface area contributed by atoms with Gasteiger partial charge in [0.05, 0.1) is 33.9 Å². The van der Waals surface area contributed by atoms with Gasteiger partial charge < -0.3 is 24.8 Å². The molecule has 2 aromatic rings. The molecule has 0 radical (unpaired) electrons. The van der Waals surface area contributed by atoms with Crippen molar-refractivity contribution >= 4 is 17.5 Å². The van der Waals surface area contributed by atoms with Gasteiger partial charge in [0, 0.05) is 23.9 Å². The molecule has 2 aromatic carbocycles. The number of ether oxygens (including phenoxy) is 3. The Labute approximate surface area is 189 Å². The Bertz CT molecular complexity index is 889. The van der Waals surface area contributed by atoms with Crippen molar-refractivity contribution in [2.24, 2.45) is 0 Å². The van der Waals surface area contributed by atoms with E-state index < -0.39 is 6.04 Å². The average Bonchev–Trinajstić information content (AvgIpc) is 2.81. The number of rotatable bonds is 12. The Balaban J connectivity index is 2.01. The molecule has 174 valence electrons. The van der Waals surface area contributed by atoms with Crippen LogP contribution in [0.2, 0.25) is 0 Å². The lowest BCUT2D eigenvalue weighted by Gasteiger charge is -2.27. The van der Waals surface area contributed by atoms with E-state index in [1.165, 1.54) is 0 Å². The summed E-state index contributed by atoms with van der Waals surface area (Å²) in [4.78, 5) is 27.2. The molecule has 32 heavy (non-hydrogen) atoms. The molecule has 0 aromatic heterocycles. The highest BCUT2D eigenvalue weighted by molar-refractivity contribution is 5.94.